The van der Waals surface area contributed by atoms with Crippen molar-refractivity contribution in [3.8, 4) is 0 Å². The summed E-state index contributed by atoms with van der Waals surface area (Å²) in [7, 11) is 0. The van der Waals surface area contributed by atoms with Crippen molar-refractivity contribution in [3.63, 3.8) is 0 Å². The number of piperidine rings is 1. The van der Waals surface area contributed by atoms with Crippen LogP contribution in [0, 0.1) is 6.92 Å². The van der Waals surface area contributed by atoms with E-state index in [9.17, 15) is 14.4 Å². The van der Waals surface area contributed by atoms with Gasteiger partial charge in [-0.1, -0.05) is 25.0 Å². The molecule has 3 heterocycles. The molecule has 0 spiro atoms. The number of piperazine rings is 1. The fraction of sp³-hybridized carbons (Fsp3) is 0.658. The van der Waals surface area contributed by atoms with Gasteiger partial charge in [0.1, 0.15) is 24.1 Å². The van der Waals surface area contributed by atoms with Crippen LogP contribution in [-0.4, -0.2) is 145 Å². The number of imide groups is 1. The third-order valence-electron chi connectivity index (χ3n) is 8.96. The third kappa shape index (κ3) is 17.1. The van der Waals surface area contributed by atoms with Crippen molar-refractivity contribution in [2.24, 2.45) is 0 Å². The lowest BCUT2D eigenvalue weighted by Crippen LogP contribution is -2.47. The molecule has 2 aliphatic heterocycles. The molecule has 54 heavy (non-hydrogen) atoms. The number of nitrogens with zero attached hydrogens (tertiary/aromatic N) is 4. The molecule has 1 atom stereocenters. The van der Waals surface area contributed by atoms with Crippen LogP contribution in [0.4, 0.5) is 17.3 Å². The molecule has 0 saturated carbocycles. The van der Waals surface area contributed by atoms with Gasteiger partial charge in [0.05, 0.1) is 72.0 Å². The number of hydrogen-bond donors (Lipinski definition) is 3. The molecule has 16 nitrogen and oxygen atoms in total. The van der Waals surface area contributed by atoms with Gasteiger partial charge in [-0.05, 0) is 50.4 Å². The molecule has 0 aliphatic carbocycles. The zero-order valence-corrected chi connectivity index (χ0v) is 31.8. The number of unbranched alkanes of at least 4 members (excludes halogenated alkanes) is 3. The first-order valence-corrected chi connectivity index (χ1v) is 19.2. The minimum Gasteiger partial charge on any atom is -0.384 e. The van der Waals surface area contributed by atoms with Crippen LogP contribution in [0.25, 0.3) is 0 Å². The zero-order chi connectivity index (χ0) is 38.2. The van der Waals surface area contributed by atoms with Crippen LogP contribution in [0.15, 0.2) is 30.3 Å². The fourth-order valence-corrected chi connectivity index (χ4v) is 6.14. The van der Waals surface area contributed by atoms with Gasteiger partial charge in [-0.3, -0.25) is 24.6 Å². The second-order valence-electron chi connectivity index (χ2n) is 13.2. The lowest BCUT2D eigenvalue weighted by molar-refractivity contribution is -0.134. The molecule has 0 bridgehead atoms. The van der Waals surface area contributed by atoms with E-state index in [4.69, 9.17) is 34.2 Å². The smallest absolute Gasteiger partial charge is 0.250 e. The van der Waals surface area contributed by atoms with Crippen molar-refractivity contribution in [3.05, 3.63) is 41.7 Å². The number of hydrogen-bond acceptors (Lipinski definition) is 14. The summed E-state index contributed by atoms with van der Waals surface area (Å²) >= 11 is 0. The number of nitrogen functional groups attached to an aromatic ring is 1. The van der Waals surface area contributed by atoms with E-state index in [0.29, 0.717) is 89.6 Å². The van der Waals surface area contributed by atoms with E-state index in [-0.39, 0.29) is 30.9 Å². The molecule has 300 valence electrons. The lowest BCUT2D eigenvalue weighted by Gasteiger charge is -2.35. The molecule has 2 aliphatic rings. The van der Waals surface area contributed by atoms with E-state index in [2.05, 4.69) is 30.4 Å². The number of benzene rings is 1. The topological polar surface area (TPSA) is 189 Å². The first-order chi connectivity index (χ1) is 26.4. The van der Waals surface area contributed by atoms with Crippen molar-refractivity contribution in [2.45, 2.75) is 51.4 Å². The SMILES string of the molecule is Cc1nc(N)cc(N2CCN(CCCCCCOCCOCCOCCOCCOCCOCC(=O)Nc3cccc(C4CCC(=O)NC4=O)c3)CC2)n1. The average Bonchev–Trinajstić information content (AvgIpc) is 3.15. The van der Waals surface area contributed by atoms with Crippen LogP contribution in [0.3, 0.4) is 0 Å². The molecule has 2 saturated heterocycles. The number of ether oxygens (including phenoxy) is 6. The maximum Gasteiger partial charge on any atom is 0.250 e. The molecule has 0 radical (unpaired) electrons. The van der Waals surface area contributed by atoms with Gasteiger partial charge >= 0.3 is 0 Å². The van der Waals surface area contributed by atoms with Crippen LogP contribution >= 0.6 is 0 Å². The van der Waals surface area contributed by atoms with Gasteiger partial charge in [0, 0.05) is 51.0 Å². The van der Waals surface area contributed by atoms with Crippen LogP contribution in [0.5, 0.6) is 0 Å². The zero-order valence-electron chi connectivity index (χ0n) is 31.8. The maximum atomic E-state index is 12.2. The quantitative estimate of drug-likeness (QED) is 0.0890. The van der Waals surface area contributed by atoms with Crippen LogP contribution < -0.4 is 21.3 Å². The molecule has 1 unspecified atom stereocenters. The summed E-state index contributed by atoms with van der Waals surface area (Å²) in [4.78, 5) is 49.3. The van der Waals surface area contributed by atoms with E-state index >= 15 is 0 Å². The van der Waals surface area contributed by atoms with Crippen molar-refractivity contribution >= 4 is 35.0 Å². The number of rotatable bonds is 27. The fourth-order valence-electron chi connectivity index (χ4n) is 6.14. The van der Waals surface area contributed by atoms with E-state index in [1.54, 1.807) is 18.2 Å². The largest absolute Gasteiger partial charge is 0.384 e. The molecule has 2 aromatic rings. The standard InChI is InChI=1S/C38H59N7O9/c1-30-40-34(39)28-35(41-30)45-14-12-44(13-15-45)11-4-2-3-5-16-49-17-18-50-19-20-51-21-22-52-23-24-53-25-26-54-29-37(47)42-32-8-6-7-31(27-32)33-9-10-36(46)43-38(33)48/h6-8,27-28,33H,2-5,9-26,29H2,1H3,(H,42,47)(H2,39,40,41)(H,43,46,48). The lowest BCUT2D eigenvalue weighted by atomic mass is 9.90. The van der Waals surface area contributed by atoms with E-state index in [0.717, 1.165) is 57.1 Å². The number of nitrogens with two attached hydrogens (primary N) is 1. The molecular weight excluding hydrogens is 698 g/mol. The average molecular weight is 758 g/mol. The summed E-state index contributed by atoms with van der Waals surface area (Å²) in [5, 5.41) is 5.12. The molecule has 4 rings (SSSR count). The Kier molecular flexibility index (Phi) is 20.2. The van der Waals surface area contributed by atoms with Gasteiger partial charge in [-0.2, -0.15) is 0 Å². The minimum atomic E-state index is -0.411. The Labute approximate surface area is 318 Å². The number of nitrogens with one attached hydrogen (secondary N) is 2. The van der Waals surface area contributed by atoms with Gasteiger partial charge in [-0.15, -0.1) is 0 Å². The Balaban J connectivity index is 0.834. The number of carbonyl (C=O) groups excluding carboxylic acids is 3. The van der Waals surface area contributed by atoms with Gasteiger partial charge in [0.25, 0.3) is 0 Å². The molecule has 16 heteroatoms. The Hall–Kier alpha value is -3.77. The highest BCUT2D eigenvalue weighted by Gasteiger charge is 2.28. The third-order valence-corrected chi connectivity index (χ3v) is 8.96. The predicted molar refractivity (Wildman–Crippen MR) is 203 cm³/mol. The van der Waals surface area contributed by atoms with Crippen LogP contribution in [0.2, 0.25) is 0 Å². The summed E-state index contributed by atoms with van der Waals surface area (Å²) in [6.45, 7) is 12.2. The highest BCUT2D eigenvalue weighted by molar-refractivity contribution is 6.01. The molecule has 3 amide bonds. The van der Waals surface area contributed by atoms with Crippen molar-refractivity contribution in [1.82, 2.24) is 20.2 Å². The molecule has 1 aromatic heterocycles. The maximum absolute atomic E-state index is 12.2. The van der Waals surface area contributed by atoms with Gasteiger partial charge in [0.2, 0.25) is 17.7 Å². The molecule has 1 aromatic carbocycles. The van der Waals surface area contributed by atoms with Gasteiger partial charge in [0.15, 0.2) is 0 Å². The molecular formula is C38H59N7O9. The summed E-state index contributed by atoms with van der Waals surface area (Å²) in [6.07, 6.45) is 5.40. The molecule has 4 N–H and O–H groups in total. The van der Waals surface area contributed by atoms with Gasteiger partial charge < -0.3 is 44.4 Å². The van der Waals surface area contributed by atoms with Crippen LogP contribution in [0.1, 0.15) is 55.8 Å². The van der Waals surface area contributed by atoms with Crippen LogP contribution in [-0.2, 0) is 42.8 Å². The summed E-state index contributed by atoms with van der Waals surface area (Å²) < 4.78 is 33.2. The second kappa shape index (κ2) is 25.3. The minimum absolute atomic E-state index is 0.124. The number of aryl methyl sites for hydroxylation is 1. The highest BCUT2D eigenvalue weighted by Crippen LogP contribution is 2.26. The second-order valence-corrected chi connectivity index (χ2v) is 13.2. The number of carbonyl (C=O) groups is 3. The first-order valence-electron chi connectivity index (χ1n) is 19.2. The summed E-state index contributed by atoms with van der Waals surface area (Å²) in [5.74, 6) is 0.877. The van der Waals surface area contributed by atoms with E-state index < -0.39 is 5.92 Å². The molecule has 2 fully saturated rings. The Bertz CT molecular complexity index is 1390. The Morgan fingerprint density at radius 2 is 1.41 bits per heavy atom. The summed E-state index contributed by atoms with van der Waals surface area (Å²) in [6, 6.07) is 8.92. The van der Waals surface area contributed by atoms with Gasteiger partial charge in [-0.25, -0.2) is 9.97 Å². The predicted octanol–water partition coefficient (Wildman–Crippen LogP) is 2.31. The normalized spacial score (nSPS) is 16.5. The Morgan fingerprint density at radius 1 is 0.796 bits per heavy atom. The summed E-state index contributed by atoms with van der Waals surface area (Å²) in [5.41, 5.74) is 7.20. The number of aromatic nitrogens is 2. The van der Waals surface area contributed by atoms with Crippen molar-refractivity contribution < 1.29 is 42.8 Å². The highest BCUT2D eigenvalue weighted by atomic mass is 16.6. The van der Waals surface area contributed by atoms with Crippen molar-refractivity contribution in [2.75, 3.05) is 128 Å². The van der Waals surface area contributed by atoms with Crippen molar-refractivity contribution in [1.29, 1.82) is 0 Å². The van der Waals surface area contributed by atoms with E-state index in [1.807, 2.05) is 19.1 Å². The van der Waals surface area contributed by atoms with E-state index in [1.165, 1.54) is 19.3 Å². The number of amides is 3. The first kappa shape index (κ1) is 43.0. The number of anilines is 3. The monoisotopic (exact) mass is 757 g/mol. The Morgan fingerprint density at radius 3 is 2.04 bits per heavy atom.